The van der Waals surface area contributed by atoms with Gasteiger partial charge in [0.1, 0.15) is 11.5 Å². The zero-order valence-electron chi connectivity index (χ0n) is 10.1. The van der Waals surface area contributed by atoms with Crippen LogP contribution in [0.5, 0.6) is 11.5 Å². The van der Waals surface area contributed by atoms with E-state index >= 15 is 0 Å². The second kappa shape index (κ2) is 6.69. The highest BCUT2D eigenvalue weighted by atomic mass is 35.5. The fraction of sp³-hybridized carbons (Fsp3) is 0.500. The molecule has 0 fully saturated rings. The Balaban J connectivity index is 2.87. The van der Waals surface area contributed by atoms with Crippen LogP contribution in [0, 0.1) is 0 Å². The molecule has 5 heteroatoms. The highest BCUT2D eigenvalue weighted by Gasteiger charge is 2.11. The summed E-state index contributed by atoms with van der Waals surface area (Å²) in [6, 6.07) is 3.54. The number of nitrogens with two attached hydrogens (primary N) is 1. The van der Waals surface area contributed by atoms with Crippen LogP contribution in [-0.2, 0) is 6.42 Å². The van der Waals surface area contributed by atoms with Crippen molar-refractivity contribution in [1.29, 1.82) is 0 Å². The maximum atomic E-state index is 9.43. The first kappa shape index (κ1) is 14.1. The highest BCUT2D eigenvalue weighted by molar-refractivity contribution is 6.32. The van der Waals surface area contributed by atoms with Gasteiger partial charge in [-0.2, -0.15) is 0 Å². The number of rotatable bonds is 6. The number of hydrogen-bond acceptors (Lipinski definition) is 4. The van der Waals surface area contributed by atoms with E-state index in [2.05, 4.69) is 0 Å². The Bertz CT molecular complexity index is 371. The van der Waals surface area contributed by atoms with E-state index in [9.17, 15) is 5.11 Å². The first-order chi connectivity index (χ1) is 8.12. The van der Waals surface area contributed by atoms with E-state index in [1.54, 1.807) is 26.4 Å². The van der Waals surface area contributed by atoms with E-state index in [0.717, 1.165) is 5.56 Å². The van der Waals surface area contributed by atoms with Crippen molar-refractivity contribution in [2.24, 2.45) is 5.73 Å². The van der Waals surface area contributed by atoms with Gasteiger partial charge in [-0.1, -0.05) is 11.6 Å². The Morgan fingerprint density at radius 2 is 1.94 bits per heavy atom. The van der Waals surface area contributed by atoms with Crippen LogP contribution in [0.1, 0.15) is 12.0 Å². The lowest BCUT2D eigenvalue weighted by Gasteiger charge is -2.13. The van der Waals surface area contributed by atoms with E-state index in [4.69, 9.17) is 26.8 Å². The molecule has 3 N–H and O–H groups in total. The lowest BCUT2D eigenvalue weighted by Crippen LogP contribution is -2.20. The van der Waals surface area contributed by atoms with Crippen LogP contribution >= 0.6 is 11.6 Å². The minimum atomic E-state index is -0.499. The SMILES string of the molecule is COc1cc(OC)c(CCC(O)CN)cc1Cl. The quantitative estimate of drug-likeness (QED) is 0.815. The maximum Gasteiger partial charge on any atom is 0.141 e. The molecule has 0 heterocycles. The van der Waals surface area contributed by atoms with E-state index in [0.29, 0.717) is 29.4 Å². The smallest absolute Gasteiger partial charge is 0.141 e. The average Bonchev–Trinajstić information content (AvgIpc) is 2.35. The fourth-order valence-corrected chi connectivity index (χ4v) is 1.82. The molecule has 0 aliphatic heterocycles. The van der Waals surface area contributed by atoms with Gasteiger partial charge >= 0.3 is 0 Å². The minimum Gasteiger partial charge on any atom is -0.496 e. The number of ether oxygens (including phenoxy) is 2. The molecular weight excluding hydrogens is 242 g/mol. The molecule has 0 aliphatic rings. The van der Waals surface area contributed by atoms with Gasteiger partial charge in [-0.05, 0) is 24.5 Å². The van der Waals surface area contributed by atoms with Gasteiger partial charge < -0.3 is 20.3 Å². The van der Waals surface area contributed by atoms with Crippen molar-refractivity contribution in [3.8, 4) is 11.5 Å². The molecule has 0 saturated heterocycles. The van der Waals surface area contributed by atoms with Crippen LogP contribution in [-0.4, -0.2) is 32.0 Å². The average molecular weight is 260 g/mol. The fourth-order valence-electron chi connectivity index (χ4n) is 1.56. The molecule has 1 rings (SSSR count). The number of aryl methyl sites for hydroxylation is 1. The third-order valence-corrected chi connectivity index (χ3v) is 2.87. The van der Waals surface area contributed by atoms with Crippen molar-refractivity contribution >= 4 is 11.6 Å². The molecule has 0 bridgehead atoms. The van der Waals surface area contributed by atoms with Crippen LogP contribution in [0.15, 0.2) is 12.1 Å². The molecule has 0 spiro atoms. The Morgan fingerprint density at radius 1 is 1.29 bits per heavy atom. The summed E-state index contributed by atoms with van der Waals surface area (Å²) in [7, 11) is 3.14. The van der Waals surface area contributed by atoms with E-state index in [1.807, 2.05) is 0 Å². The number of benzene rings is 1. The van der Waals surface area contributed by atoms with Crippen molar-refractivity contribution in [2.75, 3.05) is 20.8 Å². The monoisotopic (exact) mass is 259 g/mol. The van der Waals surface area contributed by atoms with Crippen molar-refractivity contribution in [3.05, 3.63) is 22.7 Å². The lowest BCUT2D eigenvalue weighted by atomic mass is 10.1. The first-order valence-corrected chi connectivity index (χ1v) is 5.78. The molecule has 1 aromatic rings. The third-order valence-electron chi connectivity index (χ3n) is 2.57. The summed E-state index contributed by atoms with van der Waals surface area (Å²) in [6.45, 7) is 0.256. The van der Waals surface area contributed by atoms with Gasteiger partial charge in [0.15, 0.2) is 0 Å². The number of aliphatic hydroxyl groups excluding tert-OH is 1. The standard InChI is InChI=1S/C12H18ClNO3/c1-16-11-6-12(17-2)10(13)5-8(11)3-4-9(15)7-14/h5-6,9,15H,3-4,7,14H2,1-2H3. The van der Waals surface area contributed by atoms with Crippen LogP contribution in [0.3, 0.4) is 0 Å². The van der Waals surface area contributed by atoms with Crippen LogP contribution in [0.25, 0.3) is 0 Å². The molecular formula is C12H18ClNO3. The summed E-state index contributed by atoms with van der Waals surface area (Å²) >= 11 is 6.04. The molecule has 0 radical (unpaired) electrons. The summed E-state index contributed by atoms with van der Waals surface area (Å²) in [5, 5.41) is 9.96. The molecule has 4 nitrogen and oxygen atoms in total. The number of aliphatic hydroxyl groups is 1. The van der Waals surface area contributed by atoms with Gasteiger partial charge in [-0.15, -0.1) is 0 Å². The topological polar surface area (TPSA) is 64.7 Å². The Labute approximate surface area is 106 Å². The zero-order chi connectivity index (χ0) is 12.8. The predicted molar refractivity (Wildman–Crippen MR) is 67.9 cm³/mol. The Kier molecular flexibility index (Phi) is 5.55. The van der Waals surface area contributed by atoms with E-state index in [-0.39, 0.29) is 6.54 Å². The number of methoxy groups -OCH3 is 2. The Morgan fingerprint density at radius 3 is 2.47 bits per heavy atom. The van der Waals surface area contributed by atoms with Gasteiger partial charge in [-0.3, -0.25) is 0 Å². The molecule has 17 heavy (non-hydrogen) atoms. The van der Waals surface area contributed by atoms with Gasteiger partial charge in [0.05, 0.1) is 25.3 Å². The van der Waals surface area contributed by atoms with Crippen LogP contribution < -0.4 is 15.2 Å². The molecule has 1 atom stereocenters. The summed E-state index contributed by atoms with van der Waals surface area (Å²) in [5.41, 5.74) is 6.29. The van der Waals surface area contributed by atoms with Gasteiger partial charge in [0.25, 0.3) is 0 Å². The van der Waals surface area contributed by atoms with Gasteiger partial charge in [0.2, 0.25) is 0 Å². The van der Waals surface area contributed by atoms with Crippen LogP contribution in [0.2, 0.25) is 5.02 Å². The molecule has 0 amide bonds. The summed E-state index contributed by atoms with van der Waals surface area (Å²) in [5.74, 6) is 1.28. The molecule has 0 aliphatic carbocycles. The van der Waals surface area contributed by atoms with Gasteiger partial charge in [0, 0.05) is 12.6 Å². The van der Waals surface area contributed by atoms with Crippen molar-refractivity contribution in [3.63, 3.8) is 0 Å². The van der Waals surface area contributed by atoms with Gasteiger partial charge in [-0.25, -0.2) is 0 Å². The predicted octanol–water partition coefficient (Wildman–Crippen LogP) is 1.61. The number of hydrogen-bond donors (Lipinski definition) is 2. The molecule has 96 valence electrons. The van der Waals surface area contributed by atoms with Crippen molar-refractivity contribution in [2.45, 2.75) is 18.9 Å². The third kappa shape index (κ3) is 3.77. The highest BCUT2D eigenvalue weighted by Crippen LogP contribution is 2.33. The minimum absolute atomic E-state index is 0.256. The Hall–Kier alpha value is -0.970. The molecule has 0 saturated carbocycles. The molecule has 1 unspecified atom stereocenters. The maximum absolute atomic E-state index is 9.43. The van der Waals surface area contributed by atoms with E-state index < -0.39 is 6.10 Å². The normalized spacial score (nSPS) is 12.3. The summed E-state index contributed by atoms with van der Waals surface area (Å²) < 4.78 is 10.4. The van der Waals surface area contributed by atoms with Crippen LogP contribution in [0.4, 0.5) is 0 Å². The summed E-state index contributed by atoms with van der Waals surface area (Å²) in [6.07, 6.45) is 0.737. The van der Waals surface area contributed by atoms with Crippen molar-refractivity contribution < 1.29 is 14.6 Å². The number of halogens is 1. The largest absolute Gasteiger partial charge is 0.496 e. The van der Waals surface area contributed by atoms with Crippen molar-refractivity contribution in [1.82, 2.24) is 0 Å². The first-order valence-electron chi connectivity index (χ1n) is 5.40. The molecule has 1 aromatic carbocycles. The zero-order valence-corrected chi connectivity index (χ0v) is 10.8. The second-order valence-corrected chi connectivity index (χ2v) is 4.13. The van der Waals surface area contributed by atoms with E-state index in [1.165, 1.54) is 0 Å². The second-order valence-electron chi connectivity index (χ2n) is 3.73. The summed E-state index contributed by atoms with van der Waals surface area (Å²) in [4.78, 5) is 0. The lowest BCUT2D eigenvalue weighted by molar-refractivity contribution is 0.173. The molecule has 0 aromatic heterocycles.